The van der Waals surface area contributed by atoms with Crippen LogP contribution in [0, 0.1) is 0 Å². The van der Waals surface area contributed by atoms with Gasteiger partial charge in [0.05, 0.1) is 0 Å². The van der Waals surface area contributed by atoms with Crippen LogP contribution in [-0.2, 0) is 0 Å². The summed E-state index contributed by atoms with van der Waals surface area (Å²) in [5.41, 5.74) is 3.20. The molecule has 0 aromatic rings. The normalized spacial score (nSPS) is 11.4. The first-order valence-corrected chi connectivity index (χ1v) is 4.55. The molecule has 0 bridgehead atoms. The third kappa shape index (κ3) is 5.99. The zero-order valence-electron chi connectivity index (χ0n) is 8.71. The van der Waals surface area contributed by atoms with E-state index in [1.165, 1.54) is 6.21 Å². The van der Waals surface area contributed by atoms with E-state index < -0.39 is 0 Å². The fourth-order valence-corrected chi connectivity index (χ4v) is 0.834. The summed E-state index contributed by atoms with van der Waals surface area (Å²) in [5.74, 6) is 0. The average molecular weight is 195 g/mol. The van der Waals surface area contributed by atoms with Crippen molar-refractivity contribution in [2.24, 2.45) is 5.10 Å². The summed E-state index contributed by atoms with van der Waals surface area (Å²) in [5, 5.41) is 6.29. The largest absolute Gasteiger partial charge is 0.339 e. The van der Waals surface area contributed by atoms with Gasteiger partial charge in [0, 0.05) is 11.9 Å². The second kappa shape index (κ2) is 8.04. The smallest absolute Gasteiger partial charge is 0.311 e. The van der Waals surface area contributed by atoms with Gasteiger partial charge in [-0.25, -0.2) is 10.2 Å². The first-order valence-electron chi connectivity index (χ1n) is 4.55. The number of hydrogen-bond donors (Lipinski definition) is 2. The number of rotatable bonds is 5. The van der Waals surface area contributed by atoms with Crippen molar-refractivity contribution in [3.05, 3.63) is 24.4 Å². The first kappa shape index (κ1) is 12.4. The Morgan fingerprint density at radius 3 is 2.71 bits per heavy atom. The van der Waals surface area contributed by atoms with Gasteiger partial charge in [-0.15, -0.1) is 6.58 Å². The maximum Gasteiger partial charge on any atom is 0.339 e. The molecule has 0 fully saturated rings. The van der Waals surface area contributed by atoms with Crippen LogP contribution < -0.4 is 10.7 Å². The molecule has 0 unspecified atom stereocenters. The summed E-state index contributed by atoms with van der Waals surface area (Å²) in [6.07, 6.45) is 6.81. The van der Waals surface area contributed by atoms with Gasteiger partial charge in [0.15, 0.2) is 0 Å². The lowest BCUT2D eigenvalue weighted by Crippen LogP contribution is -2.31. The minimum atomic E-state index is -0.319. The van der Waals surface area contributed by atoms with E-state index in [0.717, 1.165) is 18.5 Å². The highest BCUT2D eigenvalue weighted by atomic mass is 16.2. The van der Waals surface area contributed by atoms with Crippen LogP contribution in [0.2, 0.25) is 0 Å². The zero-order valence-corrected chi connectivity index (χ0v) is 8.71. The maximum atomic E-state index is 11.1. The summed E-state index contributed by atoms with van der Waals surface area (Å²) in [6, 6.07) is -0.319. The average Bonchev–Trinajstić information content (AvgIpc) is 2.21. The molecule has 0 saturated carbocycles. The Balaban J connectivity index is 3.93. The standard InChI is InChI=1S/C10H17N3O/c1-4-7-8-9(5-2)12-10(14)13-11-6-3/h4-6H,1,7-8H2,2-3H3,(H2,12,13,14)/b9-5+,11-6+. The molecule has 2 N–H and O–H groups in total. The maximum absolute atomic E-state index is 11.1. The molecule has 0 radical (unpaired) electrons. The Morgan fingerprint density at radius 1 is 1.50 bits per heavy atom. The van der Waals surface area contributed by atoms with Crippen LogP contribution in [0.5, 0.6) is 0 Å². The number of urea groups is 1. The van der Waals surface area contributed by atoms with Crippen molar-refractivity contribution in [1.29, 1.82) is 0 Å². The molecule has 4 heteroatoms. The van der Waals surface area contributed by atoms with Gasteiger partial charge >= 0.3 is 6.03 Å². The van der Waals surface area contributed by atoms with Crippen molar-refractivity contribution in [2.45, 2.75) is 26.7 Å². The molecule has 0 aromatic heterocycles. The highest BCUT2D eigenvalue weighted by molar-refractivity contribution is 5.76. The van der Waals surface area contributed by atoms with Crippen molar-refractivity contribution in [1.82, 2.24) is 10.7 Å². The van der Waals surface area contributed by atoms with Crippen LogP contribution in [0.1, 0.15) is 26.7 Å². The number of hydrazone groups is 1. The number of allylic oxidation sites excluding steroid dienone is 3. The second-order valence-electron chi connectivity index (χ2n) is 2.59. The zero-order chi connectivity index (χ0) is 10.8. The lowest BCUT2D eigenvalue weighted by Gasteiger charge is -2.06. The highest BCUT2D eigenvalue weighted by Crippen LogP contribution is 2.00. The molecule has 0 aliphatic heterocycles. The third-order valence-electron chi connectivity index (χ3n) is 1.54. The molecule has 0 aliphatic rings. The Morgan fingerprint density at radius 2 is 2.21 bits per heavy atom. The fourth-order valence-electron chi connectivity index (χ4n) is 0.834. The van der Waals surface area contributed by atoms with Crippen LogP contribution in [-0.4, -0.2) is 12.2 Å². The number of hydrogen-bond acceptors (Lipinski definition) is 2. The van der Waals surface area contributed by atoms with Crippen LogP contribution in [0.25, 0.3) is 0 Å². The lowest BCUT2D eigenvalue weighted by atomic mass is 10.2. The van der Waals surface area contributed by atoms with Crippen LogP contribution in [0.15, 0.2) is 29.5 Å². The Kier molecular flexibility index (Phi) is 7.13. The molecular formula is C10H17N3O. The van der Waals surface area contributed by atoms with Crippen LogP contribution in [0.4, 0.5) is 4.79 Å². The minimum Gasteiger partial charge on any atom is -0.311 e. The van der Waals surface area contributed by atoms with E-state index >= 15 is 0 Å². The third-order valence-corrected chi connectivity index (χ3v) is 1.54. The summed E-state index contributed by atoms with van der Waals surface area (Å²) < 4.78 is 0. The Hall–Kier alpha value is -1.58. The van der Waals surface area contributed by atoms with E-state index in [1.54, 1.807) is 6.92 Å². The summed E-state index contributed by atoms with van der Waals surface area (Å²) >= 11 is 0. The molecule has 0 saturated heterocycles. The summed E-state index contributed by atoms with van der Waals surface area (Å²) in [6.45, 7) is 7.22. The molecule has 14 heavy (non-hydrogen) atoms. The summed E-state index contributed by atoms with van der Waals surface area (Å²) in [4.78, 5) is 11.1. The highest BCUT2D eigenvalue weighted by Gasteiger charge is 2.00. The number of nitrogens with zero attached hydrogens (tertiary/aromatic N) is 1. The van der Waals surface area contributed by atoms with E-state index in [2.05, 4.69) is 22.4 Å². The lowest BCUT2D eigenvalue weighted by molar-refractivity contribution is 0.243. The molecule has 4 nitrogen and oxygen atoms in total. The molecule has 0 aromatic carbocycles. The van der Waals surface area contributed by atoms with Crippen molar-refractivity contribution in [3.8, 4) is 0 Å². The first-order chi connectivity index (χ1) is 6.74. The van der Waals surface area contributed by atoms with E-state index in [0.29, 0.717) is 0 Å². The van der Waals surface area contributed by atoms with Gasteiger partial charge in [0.2, 0.25) is 0 Å². The molecule has 2 amide bonds. The van der Waals surface area contributed by atoms with Gasteiger partial charge in [0.25, 0.3) is 0 Å². The molecule has 0 rings (SSSR count). The van der Waals surface area contributed by atoms with E-state index in [9.17, 15) is 4.79 Å². The van der Waals surface area contributed by atoms with E-state index in [1.807, 2.05) is 19.1 Å². The number of carbonyl (C=O) groups is 1. The SMILES string of the molecule is C=CCC/C(=C\C)NC(=O)N/N=C/C. The number of nitrogens with one attached hydrogen (secondary N) is 2. The molecule has 0 atom stereocenters. The quantitative estimate of drug-likeness (QED) is 0.394. The molecule has 0 aliphatic carbocycles. The predicted molar refractivity (Wildman–Crippen MR) is 59.0 cm³/mol. The van der Waals surface area contributed by atoms with Gasteiger partial charge in [0.1, 0.15) is 0 Å². The number of amides is 2. The van der Waals surface area contributed by atoms with E-state index in [-0.39, 0.29) is 6.03 Å². The fraction of sp³-hybridized carbons (Fsp3) is 0.400. The van der Waals surface area contributed by atoms with Crippen LogP contribution in [0.3, 0.4) is 0 Å². The number of carbonyl (C=O) groups excluding carboxylic acids is 1. The van der Waals surface area contributed by atoms with Crippen molar-refractivity contribution in [2.75, 3.05) is 0 Å². The molecular weight excluding hydrogens is 178 g/mol. The topological polar surface area (TPSA) is 53.5 Å². The second-order valence-corrected chi connectivity index (χ2v) is 2.59. The van der Waals surface area contributed by atoms with Crippen molar-refractivity contribution in [3.63, 3.8) is 0 Å². The Labute approximate surface area is 84.8 Å². The molecule has 0 spiro atoms. The van der Waals surface area contributed by atoms with Gasteiger partial charge in [-0.05, 0) is 26.7 Å². The van der Waals surface area contributed by atoms with E-state index in [4.69, 9.17) is 0 Å². The van der Waals surface area contributed by atoms with Crippen molar-refractivity contribution >= 4 is 12.2 Å². The van der Waals surface area contributed by atoms with Gasteiger partial charge in [-0.3, -0.25) is 0 Å². The van der Waals surface area contributed by atoms with Gasteiger partial charge in [-0.1, -0.05) is 12.2 Å². The summed E-state index contributed by atoms with van der Waals surface area (Å²) in [7, 11) is 0. The molecule has 0 heterocycles. The van der Waals surface area contributed by atoms with Gasteiger partial charge in [-0.2, -0.15) is 5.10 Å². The Bertz CT molecular complexity index is 244. The monoisotopic (exact) mass is 195 g/mol. The van der Waals surface area contributed by atoms with Gasteiger partial charge < -0.3 is 5.32 Å². The predicted octanol–water partition coefficient (Wildman–Crippen LogP) is 2.16. The molecule has 78 valence electrons. The van der Waals surface area contributed by atoms with Crippen LogP contribution >= 0.6 is 0 Å². The minimum absolute atomic E-state index is 0.319. The van der Waals surface area contributed by atoms with Crippen molar-refractivity contribution < 1.29 is 4.79 Å².